The highest BCUT2D eigenvalue weighted by Gasteiger charge is 2.47. The lowest BCUT2D eigenvalue weighted by atomic mass is 9.71. The van der Waals surface area contributed by atoms with Crippen LogP contribution in [0.5, 0.6) is 0 Å². The Morgan fingerprint density at radius 2 is 1.73 bits per heavy atom. The van der Waals surface area contributed by atoms with Crippen molar-refractivity contribution in [3.05, 3.63) is 95.1 Å². The Labute approximate surface area is 242 Å². The molecule has 5 nitrogen and oxygen atoms in total. The summed E-state index contributed by atoms with van der Waals surface area (Å²) in [5, 5.41) is 12.5. The number of carboxylic acid groups (broad SMARTS) is 1. The molecular weight excluding hydrogens is 516 g/mol. The molecule has 2 saturated carbocycles. The Hall–Kier alpha value is -3.09. The maximum Gasteiger partial charge on any atom is 0.326 e. The third kappa shape index (κ3) is 6.45. The van der Waals surface area contributed by atoms with Crippen LogP contribution in [0.15, 0.2) is 72.8 Å². The van der Waals surface area contributed by atoms with Gasteiger partial charge in [-0.15, -0.1) is 0 Å². The standard InChI is InChI=1S/C34H40N2O3S/c1-24-9-6-7-12-28(24)30-21-26(13-16-29(30)32(37)35-31(33(38)39)17-20-40-2)23-36(27-14-15-27)34(18-8-19-34)22-25-10-4-3-5-11-25/h3-7,9-13,16,21,27,31H,8,14-15,17-20,22-23H2,1-2H3,(H,35,37)(H,38,39)/t31-/m0/s1. The van der Waals surface area contributed by atoms with E-state index in [1.54, 1.807) is 11.8 Å². The number of carbonyl (C=O) groups excluding carboxylic acids is 1. The topological polar surface area (TPSA) is 69.6 Å². The summed E-state index contributed by atoms with van der Waals surface area (Å²) in [7, 11) is 0. The SMILES string of the molecule is CSCC[C@H](NC(=O)c1ccc(CN(C2CC2)C2(Cc3ccccc3)CCC2)cc1-c1ccccc1C)C(=O)O. The molecule has 3 aromatic carbocycles. The van der Waals surface area contributed by atoms with E-state index in [9.17, 15) is 14.7 Å². The number of nitrogens with zero attached hydrogens (tertiary/aromatic N) is 1. The molecule has 3 aromatic rings. The summed E-state index contributed by atoms with van der Waals surface area (Å²) >= 11 is 1.58. The van der Waals surface area contributed by atoms with Crippen molar-refractivity contribution < 1.29 is 14.7 Å². The molecule has 0 unspecified atom stereocenters. The summed E-state index contributed by atoms with van der Waals surface area (Å²) < 4.78 is 0. The number of aryl methyl sites for hydroxylation is 1. The molecule has 40 heavy (non-hydrogen) atoms. The zero-order valence-electron chi connectivity index (χ0n) is 23.6. The van der Waals surface area contributed by atoms with Gasteiger partial charge >= 0.3 is 5.97 Å². The average Bonchev–Trinajstić information content (AvgIpc) is 3.78. The number of carbonyl (C=O) groups is 2. The van der Waals surface area contributed by atoms with Gasteiger partial charge in [-0.05, 0) is 104 Å². The lowest BCUT2D eigenvalue weighted by molar-refractivity contribution is -0.139. The average molecular weight is 557 g/mol. The zero-order chi connectivity index (χ0) is 28.1. The van der Waals surface area contributed by atoms with E-state index < -0.39 is 12.0 Å². The van der Waals surface area contributed by atoms with Crippen LogP contribution in [0.4, 0.5) is 0 Å². The van der Waals surface area contributed by atoms with Gasteiger partial charge < -0.3 is 10.4 Å². The maximum absolute atomic E-state index is 13.5. The molecule has 0 heterocycles. The lowest BCUT2D eigenvalue weighted by Crippen LogP contribution is -2.55. The monoisotopic (exact) mass is 556 g/mol. The Morgan fingerprint density at radius 3 is 2.35 bits per heavy atom. The molecule has 0 aromatic heterocycles. The Balaban J connectivity index is 1.46. The molecule has 210 valence electrons. The number of nitrogens with one attached hydrogen (secondary N) is 1. The summed E-state index contributed by atoms with van der Waals surface area (Å²) in [6.45, 7) is 2.91. The van der Waals surface area contributed by atoms with Crippen LogP contribution in [-0.4, -0.2) is 51.5 Å². The van der Waals surface area contributed by atoms with Crippen LogP contribution in [-0.2, 0) is 17.8 Å². The van der Waals surface area contributed by atoms with E-state index in [1.165, 1.54) is 43.2 Å². The molecule has 2 aliphatic rings. The number of carboxylic acids is 1. The van der Waals surface area contributed by atoms with Crippen LogP contribution in [0, 0.1) is 6.92 Å². The predicted octanol–water partition coefficient (Wildman–Crippen LogP) is 6.73. The van der Waals surface area contributed by atoms with Crippen LogP contribution >= 0.6 is 11.8 Å². The van der Waals surface area contributed by atoms with E-state index in [0.717, 1.165) is 29.7 Å². The predicted molar refractivity (Wildman–Crippen MR) is 164 cm³/mol. The van der Waals surface area contributed by atoms with Gasteiger partial charge in [-0.25, -0.2) is 4.79 Å². The third-order valence-corrected chi connectivity index (χ3v) is 9.23. The van der Waals surface area contributed by atoms with E-state index >= 15 is 0 Å². The van der Waals surface area contributed by atoms with Crippen LogP contribution in [0.25, 0.3) is 11.1 Å². The number of amides is 1. The van der Waals surface area contributed by atoms with Crippen molar-refractivity contribution in [2.24, 2.45) is 0 Å². The molecule has 0 bridgehead atoms. The van der Waals surface area contributed by atoms with Crippen molar-refractivity contribution >= 4 is 23.6 Å². The molecule has 1 amide bonds. The van der Waals surface area contributed by atoms with E-state index in [-0.39, 0.29) is 11.4 Å². The minimum atomic E-state index is -0.999. The minimum absolute atomic E-state index is 0.188. The summed E-state index contributed by atoms with van der Waals surface area (Å²) in [5.41, 5.74) is 6.26. The van der Waals surface area contributed by atoms with Crippen molar-refractivity contribution in [2.45, 2.75) is 76.0 Å². The zero-order valence-corrected chi connectivity index (χ0v) is 24.4. The number of hydrogen-bond acceptors (Lipinski definition) is 4. The van der Waals surface area contributed by atoms with Gasteiger partial charge in [0.25, 0.3) is 5.91 Å². The van der Waals surface area contributed by atoms with Crippen molar-refractivity contribution in [3.8, 4) is 11.1 Å². The Bertz CT molecular complexity index is 1330. The fraction of sp³-hybridized carbons (Fsp3) is 0.412. The van der Waals surface area contributed by atoms with E-state index in [2.05, 4.69) is 71.7 Å². The highest BCUT2D eigenvalue weighted by atomic mass is 32.2. The van der Waals surface area contributed by atoms with Crippen LogP contribution < -0.4 is 5.32 Å². The third-order valence-electron chi connectivity index (χ3n) is 8.59. The molecule has 2 fully saturated rings. The Morgan fingerprint density at radius 1 is 1.00 bits per heavy atom. The fourth-order valence-corrected chi connectivity index (χ4v) is 6.58. The first kappa shape index (κ1) is 28.4. The second kappa shape index (κ2) is 12.6. The smallest absolute Gasteiger partial charge is 0.326 e. The second-order valence-corrected chi connectivity index (χ2v) is 12.4. The molecule has 6 heteroatoms. The lowest BCUT2D eigenvalue weighted by Gasteiger charge is -2.51. The summed E-state index contributed by atoms with van der Waals surface area (Å²) in [6, 6.07) is 24.8. The van der Waals surface area contributed by atoms with Crippen molar-refractivity contribution in [1.82, 2.24) is 10.2 Å². The first-order chi connectivity index (χ1) is 19.4. The molecule has 0 spiro atoms. The quantitative estimate of drug-likeness (QED) is 0.244. The highest BCUT2D eigenvalue weighted by molar-refractivity contribution is 7.98. The fourth-order valence-electron chi connectivity index (χ4n) is 6.11. The van der Waals surface area contributed by atoms with Gasteiger partial charge in [-0.3, -0.25) is 9.69 Å². The number of thioether (sulfide) groups is 1. The van der Waals surface area contributed by atoms with Gasteiger partial charge in [0.15, 0.2) is 0 Å². The molecule has 2 N–H and O–H groups in total. The summed E-state index contributed by atoms with van der Waals surface area (Å²) in [5.74, 6) is -0.666. The molecule has 0 aliphatic heterocycles. The molecule has 0 radical (unpaired) electrons. The number of hydrogen-bond donors (Lipinski definition) is 2. The highest BCUT2D eigenvalue weighted by Crippen LogP contribution is 2.47. The molecular formula is C34H40N2O3S. The van der Waals surface area contributed by atoms with Gasteiger partial charge in [0.1, 0.15) is 6.04 Å². The van der Waals surface area contributed by atoms with Crippen LogP contribution in [0.3, 0.4) is 0 Å². The van der Waals surface area contributed by atoms with Gasteiger partial charge in [0.2, 0.25) is 0 Å². The van der Waals surface area contributed by atoms with Crippen LogP contribution in [0.1, 0.15) is 65.6 Å². The number of aliphatic carboxylic acids is 1. The van der Waals surface area contributed by atoms with Crippen molar-refractivity contribution in [2.75, 3.05) is 12.0 Å². The van der Waals surface area contributed by atoms with Crippen LogP contribution in [0.2, 0.25) is 0 Å². The molecule has 0 saturated heterocycles. The summed E-state index contributed by atoms with van der Waals surface area (Å²) in [6.07, 6.45) is 9.59. The molecule has 5 rings (SSSR count). The normalized spacial score (nSPS) is 16.8. The molecule has 1 atom stereocenters. The van der Waals surface area contributed by atoms with Gasteiger partial charge in [-0.2, -0.15) is 11.8 Å². The van der Waals surface area contributed by atoms with Gasteiger partial charge in [0.05, 0.1) is 0 Å². The van der Waals surface area contributed by atoms with Crippen molar-refractivity contribution in [3.63, 3.8) is 0 Å². The number of benzene rings is 3. The van der Waals surface area contributed by atoms with E-state index in [4.69, 9.17) is 0 Å². The minimum Gasteiger partial charge on any atom is -0.480 e. The largest absolute Gasteiger partial charge is 0.480 e. The Kier molecular flexibility index (Phi) is 8.97. The number of rotatable bonds is 13. The van der Waals surface area contributed by atoms with Gasteiger partial charge in [-0.1, -0.05) is 60.7 Å². The second-order valence-electron chi connectivity index (χ2n) is 11.4. The maximum atomic E-state index is 13.5. The van der Waals surface area contributed by atoms with Crippen molar-refractivity contribution in [1.29, 1.82) is 0 Å². The summed E-state index contributed by atoms with van der Waals surface area (Å²) in [4.78, 5) is 28.1. The van der Waals surface area contributed by atoms with E-state index in [0.29, 0.717) is 23.8 Å². The first-order valence-corrected chi connectivity index (χ1v) is 15.8. The first-order valence-electron chi connectivity index (χ1n) is 14.4. The van der Waals surface area contributed by atoms with Gasteiger partial charge in [0, 0.05) is 23.7 Å². The van der Waals surface area contributed by atoms with E-state index in [1.807, 2.05) is 24.5 Å². The molecule has 2 aliphatic carbocycles.